The quantitative estimate of drug-likeness (QED) is 0.855. The van der Waals surface area contributed by atoms with Crippen molar-refractivity contribution >= 4 is 27.3 Å². The van der Waals surface area contributed by atoms with Gasteiger partial charge in [0, 0.05) is 19.0 Å². The van der Waals surface area contributed by atoms with Crippen molar-refractivity contribution in [1.82, 2.24) is 9.62 Å². The molecule has 0 aliphatic heterocycles. The van der Waals surface area contributed by atoms with Gasteiger partial charge in [-0.05, 0) is 19.1 Å². The standard InChI is InChI=1S/C9H14N2O3S2/c1-7-4-5-9(15-7)16(13,14)10-6-8(12)11(2)3/h4-5,10H,6H2,1-3H3. The summed E-state index contributed by atoms with van der Waals surface area (Å²) >= 11 is 1.18. The fourth-order valence-electron chi connectivity index (χ4n) is 0.943. The van der Waals surface area contributed by atoms with E-state index >= 15 is 0 Å². The molecule has 1 rings (SSSR count). The molecule has 0 radical (unpaired) electrons. The largest absolute Gasteiger partial charge is 0.348 e. The first-order chi connectivity index (χ1) is 7.33. The van der Waals surface area contributed by atoms with Gasteiger partial charge < -0.3 is 4.90 Å². The highest BCUT2D eigenvalue weighted by Crippen LogP contribution is 2.19. The van der Waals surface area contributed by atoms with Gasteiger partial charge in [-0.15, -0.1) is 11.3 Å². The lowest BCUT2D eigenvalue weighted by Crippen LogP contribution is -2.35. The number of carbonyl (C=O) groups excluding carboxylic acids is 1. The molecule has 1 aromatic heterocycles. The van der Waals surface area contributed by atoms with Crippen molar-refractivity contribution in [3.8, 4) is 0 Å². The zero-order chi connectivity index (χ0) is 12.3. The molecule has 1 heterocycles. The van der Waals surface area contributed by atoms with Crippen molar-refractivity contribution in [2.24, 2.45) is 0 Å². The second kappa shape index (κ2) is 4.94. The van der Waals surface area contributed by atoms with Crippen molar-refractivity contribution in [2.45, 2.75) is 11.1 Å². The van der Waals surface area contributed by atoms with Crippen LogP contribution in [0.25, 0.3) is 0 Å². The lowest BCUT2D eigenvalue weighted by molar-refractivity contribution is -0.127. The van der Waals surface area contributed by atoms with Gasteiger partial charge in [-0.3, -0.25) is 4.79 Å². The van der Waals surface area contributed by atoms with Gasteiger partial charge >= 0.3 is 0 Å². The van der Waals surface area contributed by atoms with E-state index < -0.39 is 10.0 Å². The van der Waals surface area contributed by atoms with Crippen molar-refractivity contribution < 1.29 is 13.2 Å². The van der Waals surface area contributed by atoms with Crippen LogP contribution in [0.4, 0.5) is 0 Å². The lowest BCUT2D eigenvalue weighted by atomic mass is 10.5. The molecule has 1 N–H and O–H groups in total. The number of rotatable bonds is 4. The Hall–Kier alpha value is -0.920. The summed E-state index contributed by atoms with van der Waals surface area (Å²) in [5.74, 6) is -0.281. The summed E-state index contributed by atoms with van der Waals surface area (Å²) in [5.41, 5.74) is 0. The number of aryl methyl sites for hydroxylation is 1. The maximum atomic E-state index is 11.7. The minimum atomic E-state index is -3.55. The average Bonchev–Trinajstić information content (AvgIpc) is 2.61. The van der Waals surface area contributed by atoms with Crippen LogP contribution in [0.1, 0.15) is 4.88 Å². The van der Waals surface area contributed by atoms with E-state index in [-0.39, 0.29) is 16.7 Å². The van der Waals surface area contributed by atoms with Crippen LogP contribution in [-0.2, 0) is 14.8 Å². The summed E-state index contributed by atoms with van der Waals surface area (Å²) < 4.78 is 25.9. The Morgan fingerprint density at radius 2 is 2.06 bits per heavy atom. The molecule has 5 nitrogen and oxygen atoms in total. The first-order valence-corrected chi connectivity index (χ1v) is 6.89. The number of likely N-dealkylation sites (N-methyl/N-ethyl adjacent to an activating group) is 1. The second-order valence-electron chi connectivity index (χ2n) is 3.48. The molecule has 0 fully saturated rings. The number of hydrogen-bond donors (Lipinski definition) is 1. The molecule has 1 amide bonds. The molecule has 0 aromatic carbocycles. The highest BCUT2D eigenvalue weighted by atomic mass is 32.2. The summed E-state index contributed by atoms with van der Waals surface area (Å²) in [7, 11) is -0.396. The molecule has 0 saturated carbocycles. The molecule has 0 aliphatic rings. The normalized spacial score (nSPS) is 11.4. The van der Waals surface area contributed by atoms with Crippen molar-refractivity contribution in [3.63, 3.8) is 0 Å². The van der Waals surface area contributed by atoms with Gasteiger partial charge in [0.1, 0.15) is 4.21 Å². The van der Waals surface area contributed by atoms with Gasteiger partial charge in [0.05, 0.1) is 6.54 Å². The zero-order valence-corrected chi connectivity index (χ0v) is 11.0. The fraction of sp³-hybridized carbons (Fsp3) is 0.444. The smallest absolute Gasteiger partial charge is 0.250 e. The molecule has 0 saturated heterocycles. The van der Waals surface area contributed by atoms with Crippen LogP contribution < -0.4 is 4.72 Å². The summed E-state index contributed by atoms with van der Waals surface area (Å²) in [6, 6.07) is 3.26. The highest BCUT2D eigenvalue weighted by Gasteiger charge is 2.17. The average molecular weight is 262 g/mol. The Kier molecular flexibility index (Phi) is 4.06. The van der Waals surface area contributed by atoms with E-state index in [1.807, 2.05) is 6.92 Å². The summed E-state index contributed by atoms with van der Waals surface area (Å²) in [6.07, 6.45) is 0. The minimum Gasteiger partial charge on any atom is -0.348 e. The van der Waals surface area contributed by atoms with Crippen LogP contribution in [0.2, 0.25) is 0 Å². The van der Waals surface area contributed by atoms with Gasteiger partial charge in [-0.2, -0.15) is 0 Å². The van der Waals surface area contributed by atoms with Crippen LogP contribution in [0, 0.1) is 6.92 Å². The first kappa shape index (κ1) is 13.1. The molecule has 16 heavy (non-hydrogen) atoms. The third-order valence-corrected chi connectivity index (χ3v) is 4.79. The van der Waals surface area contributed by atoms with E-state index in [0.717, 1.165) is 4.88 Å². The van der Waals surface area contributed by atoms with E-state index in [1.54, 1.807) is 20.2 Å². The maximum Gasteiger partial charge on any atom is 0.250 e. The van der Waals surface area contributed by atoms with Crippen LogP contribution in [-0.4, -0.2) is 39.9 Å². The predicted molar refractivity (Wildman–Crippen MR) is 62.9 cm³/mol. The van der Waals surface area contributed by atoms with E-state index in [0.29, 0.717) is 0 Å². The Bertz CT molecular complexity index is 477. The Morgan fingerprint density at radius 1 is 1.44 bits per heavy atom. The fourth-order valence-corrected chi connectivity index (χ4v) is 3.24. The Balaban J connectivity index is 2.70. The molecule has 0 unspecified atom stereocenters. The third-order valence-electron chi connectivity index (χ3n) is 1.89. The number of sulfonamides is 1. The van der Waals surface area contributed by atoms with E-state index in [2.05, 4.69) is 4.72 Å². The van der Waals surface area contributed by atoms with Gasteiger partial charge in [0.15, 0.2) is 0 Å². The summed E-state index contributed by atoms with van der Waals surface area (Å²) in [5, 5.41) is 0. The summed E-state index contributed by atoms with van der Waals surface area (Å²) in [6.45, 7) is 1.61. The molecule has 0 bridgehead atoms. The molecule has 0 spiro atoms. The topological polar surface area (TPSA) is 66.5 Å². The van der Waals surface area contributed by atoms with Gasteiger partial charge in [-0.25, -0.2) is 13.1 Å². The number of nitrogens with zero attached hydrogens (tertiary/aromatic N) is 1. The van der Waals surface area contributed by atoms with Crippen molar-refractivity contribution in [1.29, 1.82) is 0 Å². The molecular weight excluding hydrogens is 248 g/mol. The summed E-state index contributed by atoms with van der Waals surface area (Å²) in [4.78, 5) is 13.5. The molecular formula is C9H14N2O3S2. The van der Waals surface area contributed by atoms with Gasteiger partial charge in [0.25, 0.3) is 10.0 Å². The molecule has 90 valence electrons. The SMILES string of the molecule is Cc1ccc(S(=O)(=O)NCC(=O)N(C)C)s1. The van der Waals surface area contributed by atoms with E-state index in [9.17, 15) is 13.2 Å². The first-order valence-electron chi connectivity index (χ1n) is 4.59. The molecule has 7 heteroatoms. The molecule has 0 aliphatic carbocycles. The highest BCUT2D eigenvalue weighted by molar-refractivity contribution is 7.91. The van der Waals surface area contributed by atoms with Crippen molar-refractivity contribution in [2.75, 3.05) is 20.6 Å². The second-order valence-corrected chi connectivity index (χ2v) is 6.76. The maximum absolute atomic E-state index is 11.7. The number of carbonyl (C=O) groups is 1. The minimum absolute atomic E-state index is 0.216. The number of amides is 1. The number of hydrogen-bond acceptors (Lipinski definition) is 4. The lowest BCUT2D eigenvalue weighted by Gasteiger charge is -2.10. The van der Waals surface area contributed by atoms with Crippen LogP contribution in [0.15, 0.2) is 16.3 Å². The zero-order valence-electron chi connectivity index (χ0n) is 9.35. The number of thiophene rings is 1. The van der Waals surface area contributed by atoms with E-state index in [1.165, 1.54) is 22.3 Å². The monoisotopic (exact) mass is 262 g/mol. The van der Waals surface area contributed by atoms with Gasteiger partial charge in [0.2, 0.25) is 5.91 Å². The van der Waals surface area contributed by atoms with Crippen LogP contribution in [0.3, 0.4) is 0 Å². The Morgan fingerprint density at radius 3 is 2.50 bits per heavy atom. The van der Waals surface area contributed by atoms with E-state index in [4.69, 9.17) is 0 Å². The predicted octanol–water partition coefficient (Wildman–Crippen LogP) is 0.423. The number of nitrogens with one attached hydrogen (secondary N) is 1. The van der Waals surface area contributed by atoms with Gasteiger partial charge in [-0.1, -0.05) is 0 Å². The van der Waals surface area contributed by atoms with Crippen LogP contribution in [0.5, 0.6) is 0 Å². The molecule has 0 atom stereocenters. The molecule has 1 aromatic rings. The van der Waals surface area contributed by atoms with Crippen molar-refractivity contribution in [3.05, 3.63) is 17.0 Å². The van der Waals surface area contributed by atoms with Crippen LogP contribution >= 0.6 is 11.3 Å². The Labute approximate surface area is 99.1 Å². The third kappa shape index (κ3) is 3.29.